The summed E-state index contributed by atoms with van der Waals surface area (Å²) >= 11 is 0. The summed E-state index contributed by atoms with van der Waals surface area (Å²) in [6.45, 7) is 0.695. The van der Waals surface area contributed by atoms with Crippen LogP contribution in [0.15, 0.2) is 35.1 Å². The highest BCUT2D eigenvalue weighted by Gasteiger charge is 2.36. The molecule has 7 nitrogen and oxygen atoms in total. The molecule has 1 saturated heterocycles. The standard InChI is InChI=1S/C20H22N2O5/c23-18(22-9-10-26-17-8-4-3-7-16(17)22)12-27-20(25)15-11-13-5-1-2-6-14(13)19(24)21-15/h1-2,5-6,11,16-17H,3-4,7-10,12H2,(H,21,24)/t16-,17+/m0/s1. The Bertz CT molecular complexity index is 920. The summed E-state index contributed by atoms with van der Waals surface area (Å²) in [5, 5.41) is 1.15. The molecule has 1 aromatic heterocycles. The molecule has 7 heteroatoms. The van der Waals surface area contributed by atoms with E-state index < -0.39 is 5.97 Å². The van der Waals surface area contributed by atoms with Crippen molar-refractivity contribution in [2.24, 2.45) is 0 Å². The quantitative estimate of drug-likeness (QED) is 0.833. The number of rotatable bonds is 3. The Morgan fingerprint density at radius 3 is 2.93 bits per heavy atom. The van der Waals surface area contributed by atoms with Gasteiger partial charge in [0, 0.05) is 11.9 Å². The Morgan fingerprint density at radius 1 is 1.22 bits per heavy atom. The van der Waals surface area contributed by atoms with Crippen LogP contribution in [-0.2, 0) is 14.3 Å². The number of hydrogen-bond donors (Lipinski definition) is 1. The van der Waals surface area contributed by atoms with Gasteiger partial charge < -0.3 is 19.4 Å². The number of pyridine rings is 1. The molecule has 1 aliphatic carbocycles. The number of H-pyrrole nitrogens is 1. The van der Waals surface area contributed by atoms with Crippen LogP contribution in [0.3, 0.4) is 0 Å². The van der Waals surface area contributed by atoms with Gasteiger partial charge in [-0.3, -0.25) is 9.59 Å². The van der Waals surface area contributed by atoms with E-state index in [4.69, 9.17) is 9.47 Å². The van der Waals surface area contributed by atoms with E-state index in [1.807, 2.05) is 0 Å². The van der Waals surface area contributed by atoms with Crippen molar-refractivity contribution in [3.8, 4) is 0 Å². The fourth-order valence-electron chi connectivity index (χ4n) is 4.01. The van der Waals surface area contributed by atoms with Gasteiger partial charge in [-0.1, -0.05) is 31.0 Å². The Morgan fingerprint density at radius 2 is 2.04 bits per heavy atom. The number of fused-ring (bicyclic) bond motifs is 2. The van der Waals surface area contributed by atoms with Crippen molar-refractivity contribution < 1.29 is 19.1 Å². The highest BCUT2D eigenvalue weighted by molar-refractivity contribution is 5.94. The van der Waals surface area contributed by atoms with E-state index in [1.165, 1.54) is 0 Å². The first-order valence-electron chi connectivity index (χ1n) is 9.34. The Labute approximate surface area is 156 Å². The summed E-state index contributed by atoms with van der Waals surface area (Å²) in [6.07, 6.45) is 4.17. The predicted molar refractivity (Wildman–Crippen MR) is 98.6 cm³/mol. The maximum Gasteiger partial charge on any atom is 0.355 e. The number of aromatic nitrogens is 1. The van der Waals surface area contributed by atoms with Gasteiger partial charge in [0.2, 0.25) is 0 Å². The van der Waals surface area contributed by atoms with Crippen molar-refractivity contribution in [2.75, 3.05) is 19.8 Å². The van der Waals surface area contributed by atoms with Crippen molar-refractivity contribution in [2.45, 2.75) is 37.8 Å². The molecule has 1 N–H and O–H groups in total. The minimum atomic E-state index is -0.709. The molecule has 0 bridgehead atoms. The Hall–Kier alpha value is -2.67. The maximum absolute atomic E-state index is 12.6. The second-order valence-electron chi connectivity index (χ2n) is 7.02. The van der Waals surface area contributed by atoms with E-state index in [1.54, 1.807) is 35.2 Å². The number of hydrogen-bond acceptors (Lipinski definition) is 5. The molecule has 2 heterocycles. The third-order valence-corrected chi connectivity index (χ3v) is 5.35. The van der Waals surface area contributed by atoms with E-state index in [-0.39, 0.29) is 35.9 Å². The molecular weight excluding hydrogens is 348 g/mol. The van der Waals surface area contributed by atoms with Crippen molar-refractivity contribution in [3.63, 3.8) is 0 Å². The van der Waals surface area contributed by atoms with Gasteiger partial charge in [-0.15, -0.1) is 0 Å². The number of amides is 1. The van der Waals surface area contributed by atoms with Gasteiger partial charge in [0.1, 0.15) is 5.69 Å². The number of morpholine rings is 1. The van der Waals surface area contributed by atoms with E-state index in [2.05, 4.69) is 4.98 Å². The molecule has 4 rings (SSSR count). The van der Waals surface area contributed by atoms with Crippen LogP contribution < -0.4 is 5.56 Å². The molecule has 27 heavy (non-hydrogen) atoms. The number of nitrogens with zero attached hydrogens (tertiary/aromatic N) is 1. The molecule has 2 aliphatic rings. The Kier molecular flexibility index (Phi) is 4.94. The van der Waals surface area contributed by atoms with Crippen molar-refractivity contribution in [3.05, 3.63) is 46.4 Å². The molecule has 1 aromatic carbocycles. The zero-order chi connectivity index (χ0) is 18.8. The summed E-state index contributed by atoms with van der Waals surface area (Å²) in [6, 6.07) is 8.62. The maximum atomic E-state index is 12.6. The van der Waals surface area contributed by atoms with E-state index in [9.17, 15) is 14.4 Å². The Balaban J connectivity index is 1.43. The molecular formula is C20H22N2O5. The molecule has 142 valence electrons. The summed E-state index contributed by atoms with van der Waals surface area (Å²) in [5.74, 6) is -0.925. The molecule has 2 aromatic rings. The average Bonchev–Trinajstić information content (AvgIpc) is 2.71. The van der Waals surface area contributed by atoms with Crippen LogP contribution in [0, 0.1) is 0 Å². The fourth-order valence-corrected chi connectivity index (χ4v) is 4.01. The topological polar surface area (TPSA) is 88.7 Å². The average molecular weight is 370 g/mol. The van der Waals surface area contributed by atoms with Crippen molar-refractivity contribution in [1.29, 1.82) is 0 Å². The minimum Gasteiger partial charge on any atom is -0.451 e. The predicted octanol–water partition coefficient (Wildman–Crippen LogP) is 1.85. The first-order valence-corrected chi connectivity index (χ1v) is 9.34. The fraction of sp³-hybridized carbons (Fsp3) is 0.450. The summed E-state index contributed by atoms with van der Waals surface area (Å²) in [7, 11) is 0. The van der Waals surface area contributed by atoms with E-state index in [0.29, 0.717) is 23.9 Å². The molecule has 2 atom stereocenters. The zero-order valence-electron chi connectivity index (χ0n) is 15.0. The van der Waals surface area contributed by atoms with Crippen LogP contribution in [0.5, 0.6) is 0 Å². The second kappa shape index (κ2) is 7.52. The number of carbonyl (C=O) groups is 2. The van der Waals surface area contributed by atoms with Crippen molar-refractivity contribution >= 4 is 22.6 Å². The third-order valence-electron chi connectivity index (χ3n) is 5.35. The molecule has 0 unspecified atom stereocenters. The third kappa shape index (κ3) is 3.60. The van der Waals surface area contributed by atoms with Gasteiger partial charge in [-0.25, -0.2) is 4.79 Å². The largest absolute Gasteiger partial charge is 0.451 e. The van der Waals surface area contributed by atoms with Crippen LogP contribution in [0.4, 0.5) is 0 Å². The minimum absolute atomic E-state index is 0.0454. The SMILES string of the molecule is O=C(OCC(=O)N1CCO[C@@H]2CCCC[C@@H]21)c1cc2ccccc2c(=O)[nH]1. The lowest BCUT2D eigenvalue weighted by Gasteiger charge is -2.43. The second-order valence-corrected chi connectivity index (χ2v) is 7.02. The number of ether oxygens (including phenoxy) is 2. The lowest BCUT2D eigenvalue weighted by molar-refractivity contribution is -0.152. The van der Waals surface area contributed by atoms with Crippen LogP contribution in [-0.4, -0.2) is 53.7 Å². The highest BCUT2D eigenvalue weighted by Crippen LogP contribution is 2.28. The molecule has 0 spiro atoms. The van der Waals surface area contributed by atoms with E-state index >= 15 is 0 Å². The van der Waals surface area contributed by atoms with Crippen LogP contribution in [0.2, 0.25) is 0 Å². The number of nitrogens with one attached hydrogen (secondary N) is 1. The lowest BCUT2D eigenvalue weighted by Crippen LogP contribution is -2.55. The lowest BCUT2D eigenvalue weighted by atomic mass is 9.90. The van der Waals surface area contributed by atoms with Crippen LogP contribution in [0.1, 0.15) is 36.2 Å². The molecule has 2 fully saturated rings. The van der Waals surface area contributed by atoms with Crippen molar-refractivity contribution in [1.82, 2.24) is 9.88 Å². The van der Waals surface area contributed by atoms with Gasteiger partial charge in [-0.05, 0) is 30.4 Å². The van der Waals surface area contributed by atoms with Gasteiger partial charge in [0.15, 0.2) is 6.61 Å². The molecule has 1 amide bonds. The number of benzene rings is 1. The molecule has 0 radical (unpaired) electrons. The van der Waals surface area contributed by atoms with Crippen LogP contribution >= 0.6 is 0 Å². The van der Waals surface area contributed by atoms with Gasteiger partial charge in [0.05, 0.1) is 18.8 Å². The van der Waals surface area contributed by atoms with Gasteiger partial charge in [-0.2, -0.15) is 0 Å². The zero-order valence-corrected chi connectivity index (χ0v) is 15.0. The smallest absolute Gasteiger partial charge is 0.355 e. The number of esters is 1. The summed E-state index contributed by atoms with van der Waals surface area (Å²) in [4.78, 5) is 41.3. The molecule has 1 saturated carbocycles. The van der Waals surface area contributed by atoms with E-state index in [0.717, 1.165) is 25.7 Å². The van der Waals surface area contributed by atoms with Gasteiger partial charge >= 0.3 is 5.97 Å². The highest BCUT2D eigenvalue weighted by atomic mass is 16.5. The summed E-state index contributed by atoms with van der Waals surface area (Å²) < 4.78 is 11.0. The first kappa shape index (κ1) is 17.7. The first-order chi connectivity index (χ1) is 13.1. The van der Waals surface area contributed by atoms with Crippen LogP contribution in [0.25, 0.3) is 10.8 Å². The normalized spacial score (nSPS) is 22.3. The number of carbonyl (C=O) groups excluding carboxylic acids is 2. The monoisotopic (exact) mass is 370 g/mol. The van der Waals surface area contributed by atoms with Gasteiger partial charge in [0.25, 0.3) is 11.5 Å². The molecule has 1 aliphatic heterocycles. The number of aromatic amines is 1. The summed E-state index contributed by atoms with van der Waals surface area (Å²) in [5.41, 5.74) is -0.311.